The number of nitrogens with one attached hydrogen (secondary N) is 2. The van der Waals surface area contributed by atoms with Crippen LogP contribution in [0.25, 0.3) is 0 Å². The summed E-state index contributed by atoms with van der Waals surface area (Å²) in [4.78, 5) is 24.0. The van der Waals surface area contributed by atoms with Crippen LogP contribution >= 0.6 is 0 Å². The Balaban J connectivity index is 1.57. The summed E-state index contributed by atoms with van der Waals surface area (Å²) in [6.45, 7) is 7.42. The molecule has 9 heteroatoms. The van der Waals surface area contributed by atoms with Crippen LogP contribution in [0.3, 0.4) is 0 Å². The summed E-state index contributed by atoms with van der Waals surface area (Å²) in [5, 5.41) is 2.72. The lowest BCUT2D eigenvalue weighted by molar-refractivity contribution is -0.142. The average Bonchev–Trinajstić information content (AvgIpc) is 2.82. The van der Waals surface area contributed by atoms with Gasteiger partial charge in [-0.1, -0.05) is 18.2 Å². The number of carbonyl (C=O) groups is 2. The molecule has 0 radical (unpaired) electrons. The van der Waals surface area contributed by atoms with Gasteiger partial charge in [0.05, 0.1) is 17.9 Å². The highest BCUT2D eigenvalue weighted by Gasteiger charge is 2.17. The van der Waals surface area contributed by atoms with Crippen LogP contribution in [0.1, 0.15) is 29.2 Å². The van der Waals surface area contributed by atoms with Gasteiger partial charge in [-0.2, -0.15) is 0 Å². The normalized spacial score (nSPS) is 11.0. The minimum atomic E-state index is -3.78. The molecular weight excluding hydrogens is 480 g/mol. The van der Waals surface area contributed by atoms with Crippen LogP contribution in [0.4, 0.5) is 11.4 Å². The first kappa shape index (κ1) is 26.7. The zero-order chi connectivity index (χ0) is 26.3. The quantitative estimate of drug-likeness (QED) is 0.388. The number of amides is 1. The zero-order valence-corrected chi connectivity index (χ0v) is 21.6. The molecule has 8 nitrogen and oxygen atoms in total. The van der Waals surface area contributed by atoms with Crippen molar-refractivity contribution >= 4 is 33.3 Å². The van der Waals surface area contributed by atoms with Gasteiger partial charge in [0.25, 0.3) is 15.9 Å². The lowest BCUT2D eigenvalue weighted by Crippen LogP contribution is -2.20. The minimum Gasteiger partial charge on any atom is -0.483 e. The fraction of sp³-hybridized carbons (Fsp3) is 0.259. The number of aryl methyl sites for hydroxylation is 3. The minimum absolute atomic E-state index is 0.0953. The van der Waals surface area contributed by atoms with Crippen molar-refractivity contribution in [2.45, 2.75) is 39.0 Å². The van der Waals surface area contributed by atoms with E-state index in [2.05, 4.69) is 10.0 Å². The van der Waals surface area contributed by atoms with Crippen molar-refractivity contribution in [2.24, 2.45) is 0 Å². The van der Waals surface area contributed by atoms with E-state index in [9.17, 15) is 18.0 Å². The van der Waals surface area contributed by atoms with Crippen molar-refractivity contribution in [3.8, 4) is 5.75 Å². The number of rotatable bonds is 10. The topological polar surface area (TPSA) is 111 Å². The van der Waals surface area contributed by atoms with Crippen LogP contribution in [0.5, 0.6) is 5.75 Å². The molecule has 190 valence electrons. The van der Waals surface area contributed by atoms with Crippen LogP contribution in [0.2, 0.25) is 0 Å². The summed E-state index contributed by atoms with van der Waals surface area (Å²) < 4.78 is 38.7. The Labute approximate surface area is 211 Å². The van der Waals surface area contributed by atoms with Gasteiger partial charge in [0.15, 0.2) is 6.61 Å². The molecule has 0 unspecified atom stereocenters. The first-order valence-corrected chi connectivity index (χ1v) is 12.9. The van der Waals surface area contributed by atoms with Crippen LogP contribution in [0, 0.1) is 20.8 Å². The van der Waals surface area contributed by atoms with Crippen LogP contribution < -0.4 is 14.8 Å². The Hall–Kier alpha value is -3.85. The summed E-state index contributed by atoms with van der Waals surface area (Å²) in [6.07, 6.45) is 0.163. The van der Waals surface area contributed by atoms with Gasteiger partial charge < -0.3 is 14.8 Å². The fourth-order valence-electron chi connectivity index (χ4n) is 3.39. The van der Waals surface area contributed by atoms with E-state index in [1.54, 1.807) is 50.2 Å². The number of sulfonamides is 1. The molecule has 0 aliphatic carbocycles. The van der Waals surface area contributed by atoms with Crippen LogP contribution in [-0.2, 0) is 30.8 Å². The molecular formula is C27H30N2O6S. The van der Waals surface area contributed by atoms with E-state index >= 15 is 0 Å². The predicted octanol–water partition coefficient (Wildman–Crippen LogP) is 4.54. The van der Waals surface area contributed by atoms with Gasteiger partial charge in [0.2, 0.25) is 0 Å². The Morgan fingerprint density at radius 2 is 1.53 bits per heavy atom. The van der Waals surface area contributed by atoms with Gasteiger partial charge in [-0.25, -0.2) is 8.42 Å². The maximum absolute atomic E-state index is 12.8. The van der Waals surface area contributed by atoms with Gasteiger partial charge >= 0.3 is 5.97 Å². The second-order valence-electron chi connectivity index (χ2n) is 8.35. The average molecular weight is 511 g/mol. The molecule has 0 bridgehead atoms. The highest BCUT2D eigenvalue weighted by Crippen LogP contribution is 2.24. The molecule has 0 saturated heterocycles. The molecule has 0 atom stereocenters. The summed E-state index contributed by atoms with van der Waals surface area (Å²) in [5.74, 6) is -0.279. The second-order valence-corrected chi connectivity index (χ2v) is 10.0. The fourth-order valence-corrected chi connectivity index (χ4v) is 4.53. The highest BCUT2D eigenvalue weighted by molar-refractivity contribution is 7.92. The second kappa shape index (κ2) is 11.7. The number of esters is 1. The molecule has 0 heterocycles. The SMILES string of the molecule is CCOC(=O)Cc1ccc(NC(=O)COc2ccc(S(=O)(=O)Nc3ccc(C)c(C)c3)cc2C)cc1. The summed E-state index contributed by atoms with van der Waals surface area (Å²) in [7, 11) is -3.78. The molecule has 36 heavy (non-hydrogen) atoms. The summed E-state index contributed by atoms with van der Waals surface area (Å²) >= 11 is 0. The standard InChI is InChI=1S/C27H30N2O6S/c1-5-34-27(31)16-21-7-10-22(11-8-21)28-26(30)17-35-25-13-12-24(15-20(25)4)36(32,33)29-23-9-6-18(2)19(3)14-23/h6-15,29H,5,16-17H2,1-4H3,(H,28,30). The Bertz CT molecular complexity index is 1350. The summed E-state index contributed by atoms with van der Waals surface area (Å²) in [6, 6.07) is 16.7. The number of benzene rings is 3. The van der Waals surface area contributed by atoms with E-state index in [-0.39, 0.29) is 29.8 Å². The van der Waals surface area contributed by atoms with Crippen molar-refractivity contribution in [3.63, 3.8) is 0 Å². The van der Waals surface area contributed by atoms with Gasteiger partial charge in [-0.15, -0.1) is 0 Å². The lowest BCUT2D eigenvalue weighted by atomic mass is 10.1. The van der Waals surface area contributed by atoms with Gasteiger partial charge in [-0.05, 0) is 92.4 Å². The van der Waals surface area contributed by atoms with Crippen molar-refractivity contribution in [1.29, 1.82) is 0 Å². The maximum Gasteiger partial charge on any atom is 0.310 e. The molecule has 0 saturated carbocycles. The first-order valence-electron chi connectivity index (χ1n) is 11.5. The third-order valence-corrected chi connectivity index (χ3v) is 6.85. The van der Waals surface area contributed by atoms with Gasteiger partial charge in [-0.3, -0.25) is 14.3 Å². The number of hydrogen-bond acceptors (Lipinski definition) is 6. The van der Waals surface area contributed by atoms with Crippen molar-refractivity contribution in [3.05, 3.63) is 82.9 Å². The van der Waals surface area contributed by atoms with E-state index in [1.165, 1.54) is 18.2 Å². The third kappa shape index (κ3) is 7.32. The van der Waals surface area contributed by atoms with E-state index in [0.717, 1.165) is 16.7 Å². The molecule has 0 aliphatic heterocycles. The molecule has 0 spiro atoms. The highest BCUT2D eigenvalue weighted by atomic mass is 32.2. The van der Waals surface area contributed by atoms with Crippen molar-refractivity contribution < 1.29 is 27.5 Å². The maximum atomic E-state index is 12.8. The van der Waals surface area contributed by atoms with Crippen molar-refractivity contribution in [1.82, 2.24) is 0 Å². The zero-order valence-electron chi connectivity index (χ0n) is 20.8. The number of hydrogen-bond donors (Lipinski definition) is 2. The monoisotopic (exact) mass is 510 g/mol. The van der Waals surface area contributed by atoms with E-state index in [0.29, 0.717) is 29.3 Å². The molecule has 0 aromatic heterocycles. The van der Waals surface area contributed by atoms with Gasteiger partial charge in [0, 0.05) is 11.4 Å². The number of anilines is 2. The van der Waals surface area contributed by atoms with Crippen molar-refractivity contribution in [2.75, 3.05) is 23.3 Å². The van der Waals surface area contributed by atoms with E-state index in [1.807, 2.05) is 19.9 Å². The number of carbonyl (C=O) groups excluding carboxylic acids is 2. The molecule has 3 aromatic carbocycles. The largest absolute Gasteiger partial charge is 0.483 e. The molecule has 3 rings (SSSR count). The molecule has 1 amide bonds. The smallest absolute Gasteiger partial charge is 0.310 e. The number of ether oxygens (including phenoxy) is 2. The first-order chi connectivity index (χ1) is 17.1. The van der Waals surface area contributed by atoms with Crippen LogP contribution in [-0.4, -0.2) is 33.5 Å². The molecule has 2 N–H and O–H groups in total. The van der Waals surface area contributed by atoms with Crippen LogP contribution in [0.15, 0.2) is 65.6 Å². The molecule has 0 aliphatic rings. The molecule has 0 fully saturated rings. The Kier molecular flexibility index (Phi) is 8.71. The predicted molar refractivity (Wildman–Crippen MR) is 139 cm³/mol. The Morgan fingerprint density at radius 3 is 2.17 bits per heavy atom. The third-order valence-electron chi connectivity index (χ3n) is 5.47. The van der Waals surface area contributed by atoms with E-state index in [4.69, 9.17) is 9.47 Å². The Morgan fingerprint density at radius 1 is 0.833 bits per heavy atom. The molecule has 3 aromatic rings. The van der Waals surface area contributed by atoms with E-state index < -0.39 is 10.0 Å². The summed E-state index contributed by atoms with van der Waals surface area (Å²) in [5.41, 5.74) is 4.47. The van der Waals surface area contributed by atoms with Gasteiger partial charge in [0.1, 0.15) is 5.75 Å². The lowest BCUT2D eigenvalue weighted by Gasteiger charge is -2.13.